The number of halogens is 1. The van der Waals surface area contributed by atoms with Gasteiger partial charge in [-0.3, -0.25) is 9.59 Å². The molecule has 0 fully saturated rings. The quantitative estimate of drug-likeness (QED) is 0.782. The van der Waals surface area contributed by atoms with Gasteiger partial charge in [0.1, 0.15) is 17.0 Å². The van der Waals surface area contributed by atoms with Crippen LogP contribution in [0.1, 0.15) is 5.56 Å². The Bertz CT molecular complexity index is 1030. The van der Waals surface area contributed by atoms with E-state index in [-0.39, 0.29) is 11.6 Å². The number of amides is 2. The first kappa shape index (κ1) is 19.3. The van der Waals surface area contributed by atoms with Crippen LogP contribution in [0.5, 0.6) is 0 Å². The molecule has 2 aliphatic heterocycles. The van der Waals surface area contributed by atoms with Crippen molar-refractivity contribution in [3.63, 3.8) is 0 Å². The second-order valence-corrected chi connectivity index (χ2v) is 7.90. The van der Waals surface area contributed by atoms with Crippen LogP contribution >= 0.6 is 11.8 Å². The van der Waals surface area contributed by atoms with E-state index in [0.29, 0.717) is 22.4 Å². The molecule has 2 aromatic rings. The maximum atomic E-state index is 13.3. The van der Waals surface area contributed by atoms with Crippen molar-refractivity contribution in [1.29, 1.82) is 0 Å². The Morgan fingerprint density at radius 1 is 1.14 bits per heavy atom. The highest BCUT2D eigenvalue weighted by Crippen LogP contribution is 2.47. The summed E-state index contributed by atoms with van der Waals surface area (Å²) < 4.78 is 13.3. The van der Waals surface area contributed by atoms with E-state index in [4.69, 9.17) is 0 Å². The minimum Gasteiger partial charge on any atom is -0.510 e. The highest BCUT2D eigenvalue weighted by atomic mass is 32.2. The number of rotatable bonds is 3. The van der Waals surface area contributed by atoms with E-state index in [1.807, 2.05) is 11.5 Å². The molecule has 5 nitrogen and oxygen atoms in total. The van der Waals surface area contributed by atoms with Crippen LogP contribution in [-0.2, 0) is 9.59 Å². The average Bonchev–Trinajstić information content (AvgIpc) is 3.18. The van der Waals surface area contributed by atoms with Gasteiger partial charge in [0, 0.05) is 25.4 Å². The largest absolute Gasteiger partial charge is 0.510 e. The summed E-state index contributed by atoms with van der Waals surface area (Å²) in [5, 5.41) is 12.4. The number of fused-ring (bicyclic) bond motifs is 1. The molecule has 7 heteroatoms. The van der Waals surface area contributed by atoms with Gasteiger partial charge in [-0.15, -0.1) is 11.8 Å². The second-order valence-electron chi connectivity index (χ2n) is 6.94. The van der Waals surface area contributed by atoms with Crippen molar-refractivity contribution < 1.29 is 19.1 Å². The topological polar surface area (TPSA) is 60.9 Å². The molecule has 2 heterocycles. The monoisotopic (exact) mass is 410 g/mol. The molecular formula is C22H19FN2O3S. The molecule has 0 spiro atoms. The Hall–Kier alpha value is -3.06. The van der Waals surface area contributed by atoms with Crippen molar-refractivity contribution in [1.82, 2.24) is 4.90 Å². The van der Waals surface area contributed by atoms with Gasteiger partial charge in [-0.05, 0) is 40.8 Å². The Morgan fingerprint density at radius 2 is 1.79 bits per heavy atom. The molecule has 148 valence electrons. The first-order valence-corrected chi connectivity index (χ1v) is 9.98. The van der Waals surface area contributed by atoms with Crippen LogP contribution in [0, 0.1) is 11.7 Å². The molecule has 0 radical (unpaired) electrons. The van der Waals surface area contributed by atoms with Gasteiger partial charge in [0.25, 0.3) is 0 Å². The number of anilines is 1. The standard InChI is InChI=1S/C22H19FN2O3S/c1-24(15-6-4-3-5-7-15)20(27)18-19(26)17-16(13-8-10-14(23)11-9-13)12-29-22(17)25(2)21(18)28/h3-12,18,22,26H,1-2H3. The first-order valence-electron chi connectivity index (χ1n) is 9.04. The number of hydrogen-bond donors (Lipinski definition) is 1. The number of aliphatic hydroxyl groups is 1. The summed E-state index contributed by atoms with van der Waals surface area (Å²) in [7, 11) is 3.20. The van der Waals surface area contributed by atoms with E-state index in [1.165, 1.54) is 33.7 Å². The van der Waals surface area contributed by atoms with Gasteiger partial charge >= 0.3 is 0 Å². The summed E-state index contributed by atoms with van der Waals surface area (Å²) in [6, 6.07) is 14.9. The fraction of sp³-hybridized carbons (Fsp3) is 0.182. The number of hydrogen-bond acceptors (Lipinski definition) is 4. The van der Waals surface area contributed by atoms with Crippen LogP contribution < -0.4 is 4.90 Å². The predicted molar refractivity (Wildman–Crippen MR) is 112 cm³/mol. The third kappa shape index (κ3) is 3.21. The number of para-hydroxylation sites is 1. The lowest BCUT2D eigenvalue weighted by atomic mass is 9.89. The van der Waals surface area contributed by atoms with Crippen LogP contribution in [0.3, 0.4) is 0 Å². The molecule has 2 atom stereocenters. The number of carbonyl (C=O) groups excluding carboxylic acids is 2. The van der Waals surface area contributed by atoms with Gasteiger partial charge in [-0.1, -0.05) is 30.3 Å². The van der Waals surface area contributed by atoms with Gasteiger partial charge in [0.2, 0.25) is 11.8 Å². The van der Waals surface area contributed by atoms with Crippen molar-refractivity contribution in [2.75, 3.05) is 19.0 Å². The Balaban J connectivity index is 1.75. The number of carbonyl (C=O) groups is 2. The fourth-order valence-corrected chi connectivity index (χ4v) is 4.78. The van der Waals surface area contributed by atoms with E-state index in [2.05, 4.69) is 0 Å². The predicted octanol–water partition coefficient (Wildman–Crippen LogP) is 3.80. The second kappa shape index (κ2) is 7.40. The van der Waals surface area contributed by atoms with Crippen LogP contribution in [0.25, 0.3) is 5.57 Å². The maximum Gasteiger partial charge on any atom is 0.247 e. The van der Waals surface area contributed by atoms with Gasteiger partial charge in [0.05, 0.1) is 0 Å². The third-order valence-electron chi connectivity index (χ3n) is 5.22. The van der Waals surface area contributed by atoms with Gasteiger partial charge in [0.15, 0.2) is 5.92 Å². The van der Waals surface area contributed by atoms with E-state index >= 15 is 0 Å². The first-order chi connectivity index (χ1) is 13.9. The lowest BCUT2D eigenvalue weighted by molar-refractivity contribution is -0.140. The van der Waals surface area contributed by atoms with Crippen LogP contribution in [-0.4, -0.2) is 41.3 Å². The summed E-state index contributed by atoms with van der Waals surface area (Å²) in [5.41, 5.74) is 2.55. The van der Waals surface area contributed by atoms with Crippen LogP contribution in [0.2, 0.25) is 0 Å². The summed E-state index contributed by atoms with van der Waals surface area (Å²) in [5.74, 6) is -2.88. The molecule has 2 aliphatic rings. The molecular weight excluding hydrogens is 391 g/mol. The van der Waals surface area contributed by atoms with E-state index in [9.17, 15) is 19.1 Å². The fourth-order valence-electron chi connectivity index (χ4n) is 3.59. The summed E-state index contributed by atoms with van der Waals surface area (Å²) in [4.78, 5) is 28.9. The molecule has 2 unspecified atom stereocenters. The number of thioether (sulfide) groups is 1. The molecule has 1 N–H and O–H groups in total. The summed E-state index contributed by atoms with van der Waals surface area (Å²) in [6.45, 7) is 0. The zero-order valence-electron chi connectivity index (χ0n) is 15.9. The summed E-state index contributed by atoms with van der Waals surface area (Å²) >= 11 is 1.37. The maximum absolute atomic E-state index is 13.3. The zero-order valence-corrected chi connectivity index (χ0v) is 16.7. The molecule has 29 heavy (non-hydrogen) atoms. The number of benzene rings is 2. The molecule has 0 saturated heterocycles. The van der Waals surface area contributed by atoms with E-state index in [0.717, 1.165) is 0 Å². The van der Waals surface area contributed by atoms with Crippen molar-refractivity contribution in [3.8, 4) is 0 Å². The average molecular weight is 410 g/mol. The third-order valence-corrected chi connectivity index (χ3v) is 6.41. The molecule has 2 aromatic carbocycles. The van der Waals surface area contributed by atoms with Gasteiger partial charge in [-0.2, -0.15) is 0 Å². The van der Waals surface area contributed by atoms with Crippen molar-refractivity contribution in [2.45, 2.75) is 5.37 Å². The number of likely N-dealkylation sites (N-methyl/N-ethyl adjacent to an activating group) is 1. The van der Waals surface area contributed by atoms with Crippen molar-refractivity contribution in [2.24, 2.45) is 5.92 Å². The lowest BCUT2D eigenvalue weighted by Crippen LogP contribution is -2.50. The SMILES string of the molecule is CN(C(=O)C1C(=O)N(C)C2SC=C(c3ccc(F)cc3)C2=C1O)c1ccccc1. The summed E-state index contributed by atoms with van der Waals surface area (Å²) in [6.07, 6.45) is 0. The molecule has 0 aromatic heterocycles. The minimum absolute atomic E-state index is 0.244. The molecule has 4 rings (SSSR count). The Kier molecular flexibility index (Phi) is 4.92. The normalized spacial score (nSPS) is 21.1. The molecule has 2 amide bonds. The Morgan fingerprint density at radius 3 is 2.45 bits per heavy atom. The number of nitrogens with zero attached hydrogens (tertiary/aromatic N) is 2. The van der Waals surface area contributed by atoms with E-state index in [1.54, 1.807) is 50.5 Å². The molecule has 0 saturated carbocycles. The van der Waals surface area contributed by atoms with Crippen molar-refractivity contribution >= 4 is 34.8 Å². The highest BCUT2D eigenvalue weighted by molar-refractivity contribution is 8.03. The molecule has 0 aliphatic carbocycles. The molecule has 0 bridgehead atoms. The van der Waals surface area contributed by atoms with Crippen molar-refractivity contribution in [3.05, 3.63) is 82.7 Å². The van der Waals surface area contributed by atoms with Gasteiger partial charge in [-0.25, -0.2) is 4.39 Å². The Labute approximate surface area is 172 Å². The van der Waals surface area contributed by atoms with E-state index < -0.39 is 23.1 Å². The van der Waals surface area contributed by atoms with Gasteiger partial charge < -0.3 is 14.9 Å². The van der Waals surface area contributed by atoms with Crippen LogP contribution in [0.4, 0.5) is 10.1 Å². The lowest BCUT2D eigenvalue weighted by Gasteiger charge is -2.36. The zero-order chi connectivity index (χ0) is 20.7. The number of aliphatic hydroxyl groups excluding tert-OH is 1. The smallest absolute Gasteiger partial charge is 0.247 e. The highest BCUT2D eigenvalue weighted by Gasteiger charge is 2.47. The minimum atomic E-state index is -1.32. The van der Waals surface area contributed by atoms with Crippen LogP contribution in [0.15, 0.2) is 71.3 Å².